The molecule has 7 heteroatoms. The summed E-state index contributed by atoms with van der Waals surface area (Å²) < 4.78 is 5.50. The molecule has 3 N–H and O–H groups in total. The first-order valence-electron chi connectivity index (χ1n) is 11.7. The van der Waals surface area contributed by atoms with E-state index in [1.165, 1.54) is 0 Å². The third-order valence-electron chi connectivity index (χ3n) is 6.00. The summed E-state index contributed by atoms with van der Waals surface area (Å²) in [5.41, 5.74) is 4.18. The average Bonchev–Trinajstić information content (AvgIpc) is 3.13. The summed E-state index contributed by atoms with van der Waals surface area (Å²) in [6.45, 7) is 5.86. The van der Waals surface area contributed by atoms with Gasteiger partial charge in [0.2, 0.25) is 5.91 Å². The molecule has 0 spiro atoms. The van der Waals surface area contributed by atoms with E-state index in [0.717, 1.165) is 22.3 Å². The van der Waals surface area contributed by atoms with Gasteiger partial charge in [0.15, 0.2) is 0 Å². The Balaban J connectivity index is 1.60. The van der Waals surface area contributed by atoms with Gasteiger partial charge in [-0.15, -0.1) is 12.3 Å². The van der Waals surface area contributed by atoms with E-state index < -0.39 is 29.9 Å². The van der Waals surface area contributed by atoms with Crippen LogP contribution in [0.1, 0.15) is 50.7 Å². The van der Waals surface area contributed by atoms with Crippen LogP contribution < -0.4 is 10.6 Å². The Kier molecular flexibility index (Phi) is 8.18. The van der Waals surface area contributed by atoms with E-state index in [1.807, 2.05) is 69.3 Å². The molecule has 2 aromatic rings. The van der Waals surface area contributed by atoms with Crippen molar-refractivity contribution in [2.45, 2.75) is 45.6 Å². The minimum atomic E-state index is -1.03. The van der Waals surface area contributed by atoms with E-state index in [-0.39, 0.29) is 30.9 Å². The van der Waals surface area contributed by atoms with Crippen molar-refractivity contribution < 1.29 is 24.2 Å². The van der Waals surface area contributed by atoms with Crippen LogP contribution in [0.15, 0.2) is 48.5 Å². The van der Waals surface area contributed by atoms with Crippen LogP contribution in [0, 0.1) is 23.7 Å². The van der Waals surface area contributed by atoms with Gasteiger partial charge in [-0.1, -0.05) is 69.3 Å². The van der Waals surface area contributed by atoms with Crippen LogP contribution in [0.2, 0.25) is 0 Å². The fraction of sp³-hybridized carbons (Fsp3) is 0.393. The van der Waals surface area contributed by atoms with Crippen LogP contribution in [-0.2, 0) is 14.3 Å². The molecule has 0 bridgehead atoms. The number of rotatable bonds is 9. The van der Waals surface area contributed by atoms with Crippen molar-refractivity contribution in [2.24, 2.45) is 11.3 Å². The number of carbonyl (C=O) groups excluding carboxylic acids is 2. The molecule has 7 nitrogen and oxygen atoms in total. The van der Waals surface area contributed by atoms with Gasteiger partial charge in [-0.2, -0.15) is 0 Å². The molecule has 2 amide bonds. The third kappa shape index (κ3) is 6.63. The smallest absolute Gasteiger partial charge is 0.407 e. The second-order valence-corrected chi connectivity index (χ2v) is 9.98. The minimum absolute atomic E-state index is 0.0486. The lowest BCUT2D eigenvalue weighted by molar-refractivity contribution is -0.142. The van der Waals surface area contributed by atoms with Gasteiger partial charge in [-0.25, -0.2) is 4.79 Å². The highest BCUT2D eigenvalue weighted by Crippen LogP contribution is 2.44. The molecule has 2 atom stereocenters. The van der Waals surface area contributed by atoms with Crippen LogP contribution >= 0.6 is 0 Å². The molecule has 0 radical (unpaired) electrons. The minimum Gasteiger partial charge on any atom is -0.481 e. The lowest BCUT2D eigenvalue weighted by Crippen LogP contribution is -2.48. The Morgan fingerprint density at radius 2 is 1.63 bits per heavy atom. The number of aliphatic carboxylic acids is 1. The first kappa shape index (κ1) is 25.8. The van der Waals surface area contributed by atoms with Crippen molar-refractivity contribution in [3.05, 3.63) is 59.7 Å². The van der Waals surface area contributed by atoms with Gasteiger partial charge in [0.25, 0.3) is 0 Å². The fourth-order valence-electron chi connectivity index (χ4n) is 4.44. The summed E-state index contributed by atoms with van der Waals surface area (Å²) in [5.74, 6) is -0.0136. The number of ether oxygens (including phenoxy) is 1. The van der Waals surface area contributed by atoms with E-state index in [4.69, 9.17) is 11.2 Å². The molecule has 0 aliphatic heterocycles. The Hall–Kier alpha value is -3.79. The number of carbonyl (C=O) groups is 3. The van der Waals surface area contributed by atoms with Crippen molar-refractivity contribution in [1.29, 1.82) is 0 Å². The molecule has 35 heavy (non-hydrogen) atoms. The predicted octanol–water partition coefficient (Wildman–Crippen LogP) is 4.17. The van der Waals surface area contributed by atoms with E-state index in [1.54, 1.807) is 0 Å². The van der Waals surface area contributed by atoms with Crippen molar-refractivity contribution in [3.63, 3.8) is 0 Å². The van der Waals surface area contributed by atoms with Crippen LogP contribution in [0.25, 0.3) is 11.1 Å². The number of nitrogens with one attached hydrogen (secondary N) is 2. The van der Waals surface area contributed by atoms with Crippen molar-refractivity contribution in [1.82, 2.24) is 10.6 Å². The maximum Gasteiger partial charge on any atom is 0.407 e. The summed E-state index contributed by atoms with van der Waals surface area (Å²) >= 11 is 0. The van der Waals surface area contributed by atoms with Gasteiger partial charge in [0.05, 0.1) is 5.92 Å². The second-order valence-electron chi connectivity index (χ2n) is 9.98. The monoisotopic (exact) mass is 476 g/mol. The quantitative estimate of drug-likeness (QED) is 0.471. The molecular formula is C28H32N2O5. The van der Waals surface area contributed by atoms with Crippen LogP contribution in [0.5, 0.6) is 0 Å². The molecular weight excluding hydrogens is 444 g/mol. The standard InChI is InChI=1S/C28H32N2O5/c1-5-10-24(25(31)29-16-18(26(32)33)15-28(2,3)4)30-27(34)35-17-23-21-13-8-6-11-19(21)20-12-7-9-14-22(20)23/h1,6-9,11-14,18,23-24H,10,15-17H2,2-4H3,(H,29,31)(H,30,34)(H,32,33). The van der Waals surface area contributed by atoms with Crippen LogP contribution in [0.4, 0.5) is 4.79 Å². The molecule has 2 aromatic carbocycles. The van der Waals surface area contributed by atoms with Gasteiger partial charge in [0.1, 0.15) is 12.6 Å². The maximum absolute atomic E-state index is 12.7. The maximum atomic E-state index is 12.7. The van der Waals surface area contributed by atoms with Gasteiger partial charge in [-0.05, 0) is 34.1 Å². The van der Waals surface area contributed by atoms with Gasteiger partial charge >= 0.3 is 12.1 Å². The zero-order chi connectivity index (χ0) is 25.6. The zero-order valence-electron chi connectivity index (χ0n) is 20.3. The lowest BCUT2D eigenvalue weighted by atomic mass is 9.84. The first-order valence-corrected chi connectivity index (χ1v) is 11.7. The molecule has 0 fully saturated rings. The number of fused-ring (bicyclic) bond motifs is 3. The lowest BCUT2D eigenvalue weighted by Gasteiger charge is -2.24. The third-order valence-corrected chi connectivity index (χ3v) is 6.00. The van der Waals surface area contributed by atoms with E-state index in [0.29, 0.717) is 6.42 Å². The Morgan fingerprint density at radius 3 is 2.14 bits per heavy atom. The molecule has 0 saturated carbocycles. The molecule has 0 heterocycles. The molecule has 3 rings (SSSR count). The topological polar surface area (TPSA) is 105 Å². The van der Waals surface area contributed by atoms with Crippen molar-refractivity contribution in [3.8, 4) is 23.5 Å². The number of benzene rings is 2. The predicted molar refractivity (Wildman–Crippen MR) is 134 cm³/mol. The summed E-state index contributed by atoms with van der Waals surface area (Å²) in [4.78, 5) is 36.8. The number of amides is 2. The molecule has 184 valence electrons. The molecule has 1 aliphatic carbocycles. The molecule has 2 unspecified atom stereocenters. The normalized spacial score (nSPS) is 14.1. The number of carboxylic acid groups (broad SMARTS) is 1. The first-order chi connectivity index (χ1) is 16.6. The second kappa shape index (κ2) is 11.1. The van der Waals surface area contributed by atoms with E-state index in [9.17, 15) is 19.5 Å². The summed E-state index contributed by atoms with van der Waals surface area (Å²) in [6, 6.07) is 15.0. The fourth-order valence-corrected chi connectivity index (χ4v) is 4.44. The van der Waals surface area contributed by atoms with Crippen molar-refractivity contribution >= 4 is 18.0 Å². The molecule has 0 saturated heterocycles. The Bertz CT molecular complexity index is 1080. The highest BCUT2D eigenvalue weighted by atomic mass is 16.5. The largest absolute Gasteiger partial charge is 0.481 e. The van der Waals surface area contributed by atoms with Crippen LogP contribution in [0.3, 0.4) is 0 Å². The Labute approximate surface area is 206 Å². The number of alkyl carbamates (subject to hydrolysis) is 1. The van der Waals surface area contributed by atoms with Crippen molar-refractivity contribution in [2.75, 3.05) is 13.2 Å². The average molecular weight is 477 g/mol. The number of hydrogen-bond acceptors (Lipinski definition) is 4. The van der Waals surface area contributed by atoms with Crippen LogP contribution in [-0.4, -0.2) is 42.3 Å². The van der Waals surface area contributed by atoms with Gasteiger partial charge < -0.3 is 20.5 Å². The summed E-state index contributed by atoms with van der Waals surface area (Å²) in [7, 11) is 0. The van der Waals surface area contributed by atoms with E-state index >= 15 is 0 Å². The highest BCUT2D eigenvalue weighted by Gasteiger charge is 2.30. The number of terminal acetylenes is 1. The number of hydrogen-bond donors (Lipinski definition) is 3. The summed E-state index contributed by atoms with van der Waals surface area (Å²) in [6.07, 6.45) is 4.98. The molecule has 1 aliphatic rings. The number of carboxylic acids is 1. The zero-order valence-corrected chi connectivity index (χ0v) is 20.3. The van der Waals surface area contributed by atoms with E-state index in [2.05, 4.69) is 16.6 Å². The molecule has 0 aromatic heterocycles. The van der Waals surface area contributed by atoms with Gasteiger partial charge in [-0.3, -0.25) is 9.59 Å². The summed E-state index contributed by atoms with van der Waals surface area (Å²) in [5, 5.41) is 14.6. The Morgan fingerprint density at radius 1 is 1.06 bits per heavy atom. The SMILES string of the molecule is C#CCC(NC(=O)OCC1c2ccccc2-c2ccccc21)C(=O)NCC(CC(C)(C)C)C(=O)O. The highest BCUT2D eigenvalue weighted by molar-refractivity contribution is 5.86. The van der Waals surface area contributed by atoms with Gasteiger partial charge in [0, 0.05) is 18.9 Å².